The first kappa shape index (κ1) is 14.8. The van der Waals surface area contributed by atoms with Crippen LogP contribution in [0.4, 0.5) is 5.95 Å². The van der Waals surface area contributed by atoms with Gasteiger partial charge in [-0.05, 0) is 30.1 Å². The van der Waals surface area contributed by atoms with Crippen LogP contribution in [0.3, 0.4) is 0 Å². The van der Waals surface area contributed by atoms with E-state index in [1.165, 1.54) is 17.4 Å². The maximum absolute atomic E-state index is 12.1. The van der Waals surface area contributed by atoms with Crippen molar-refractivity contribution < 1.29 is 4.79 Å². The molecule has 0 unspecified atom stereocenters. The van der Waals surface area contributed by atoms with Gasteiger partial charge in [-0.2, -0.15) is 0 Å². The van der Waals surface area contributed by atoms with Gasteiger partial charge in [-0.3, -0.25) is 4.79 Å². The average Bonchev–Trinajstić information content (AvgIpc) is 2.58. The Hall–Kier alpha value is -1.59. The number of nitrogen functional groups attached to an aromatic ring is 1. The number of nitrogens with one attached hydrogen (secondary N) is 1. The average molecular weight is 279 g/mol. The second-order valence-electron chi connectivity index (χ2n) is 7.48. The first-order valence-corrected chi connectivity index (χ1v) is 7.10. The Morgan fingerprint density at radius 3 is 2.50 bits per heavy atom. The second-order valence-corrected chi connectivity index (χ2v) is 7.48. The molecule has 6 nitrogen and oxygen atoms in total. The maximum Gasteiger partial charge on any atom is 0.242 e. The van der Waals surface area contributed by atoms with Gasteiger partial charge in [-0.1, -0.05) is 27.7 Å². The highest BCUT2D eigenvalue weighted by molar-refractivity contribution is 5.76. The molecule has 6 heteroatoms. The van der Waals surface area contributed by atoms with E-state index in [1.807, 2.05) is 0 Å². The lowest BCUT2D eigenvalue weighted by Gasteiger charge is -2.45. The van der Waals surface area contributed by atoms with Crippen LogP contribution in [0, 0.1) is 10.8 Å². The molecule has 0 bridgehead atoms. The fourth-order valence-electron chi connectivity index (χ4n) is 3.75. The predicted molar refractivity (Wildman–Crippen MR) is 77.8 cm³/mol. The first-order valence-electron chi connectivity index (χ1n) is 7.10. The van der Waals surface area contributed by atoms with E-state index in [0.717, 1.165) is 12.8 Å². The maximum atomic E-state index is 12.1. The van der Waals surface area contributed by atoms with Gasteiger partial charge in [0.05, 0.1) is 0 Å². The molecule has 0 aliphatic heterocycles. The Labute approximate surface area is 120 Å². The fourth-order valence-corrected chi connectivity index (χ4v) is 3.75. The Morgan fingerprint density at radius 1 is 1.40 bits per heavy atom. The minimum atomic E-state index is -0.0339. The van der Waals surface area contributed by atoms with Crippen molar-refractivity contribution in [3.05, 3.63) is 6.33 Å². The quantitative estimate of drug-likeness (QED) is 0.879. The molecule has 0 aromatic carbocycles. The largest absolute Gasteiger partial charge is 0.367 e. The number of hydrogen-bond acceptors (Lipinski definition) is 4. The first-order chi connectivity index (χ1) is 9.15. The summed E-state index contributed by atoms with van der Waals surface area (Å²) in [4.78, 5) is 15.9. The van der Waals surface area contributed by atoms with Crippen molar-refractivity contribution in [3.63, 3.8) is 0 Å². The van der Waals surface area contributed by atoms with Gasteiger partial charge in [0.1, 0.15) is 12.9 Å². The molecule has 1 aliphatic carbocycles. The standard InChI is InChI=1S/C14H25N5O/c1-13(2)5-10(6-14(3,4)8-13)17-11(20)7-19-9-16-12(15)18-19/h9-10H,5-8H2,1-4H3,(H2,15,18)(H,17,20). The molecule has 3 N–H and O–H groups in total. The minimum Gasteiger partial charge on any atom is -0.367 e. The van der Waals surface area contributed by atoms with Crippen molar-refractivity contribution in [1.82, 2.24) is 20.1 Å². The van der Waals surface area contributed by atoms with Gasteiger partial charge in [0.2, 0.25) is 11.9 Å². The molecule has 0 saturated heterocycles. The summed E-state index contributed by atoms with van der Waals surface area (Å²) in [6.07, 6.45) is 4.69. The van der Waals surface area contributed by atoms with Crippen LogP contribution in [-0.4, -0.2) is 26.7 Å². The molecule has 1 amide bonds. The van der Waals surface area contributed by atoms with E-state index in [0.29, 0.717) is 0 Å². The zero-order valence-electron chi connectivity index (χ0n) is 12.8. The van der Waals surface area contributed by atoms with E-state index in [2.05, 4.69) is 43.1 Å². The number of hydrogen-bond donors (Lipinski definition) is 2. The molecule has 0 spiro atoms. The third-order valence-electron chi connectivity index (χ3n) is 3.78. The van der Waals surface area contributed by atoms with Crippen LogP contribution in [-0.2, 0) is 11.3 Å². The molecule has 112 valence electrons. The number of nitrogens with two attached hydrogens (primary N) is 1. The van der Waals surface area contributed by atoms with E-state index < -0.39 is 0 Å². The lowest BCUT2D eigenvalue weighted by molar-refractivity contribution is -0.123. The van der Waals surface area contributed by atoms with Gasteiger partial charge in [0.15, 0.2) is 0 Å². The smallest absolute Gasteiger partial charge is 0.242 e. The zero-order valence-corrected chi connectivity index (χ0v) is 12.8. The number of carbonyl (C=O) groups is 1. The van der Waals surface area contributed by atoms with E-state index in [4.69, 9.17) is 5.73 Å². The Bertz CT molecular complexity index is 476. The minimum absolute atomic E-state index is 0.0339. The Morgan fingerprint density at radius 2 is 2.00 bits per heavy atom. The van der Waals surface area contributed by atoms with Crippen LogP contribution >= 0.6 is 0 Å². The van der Waals surface area contributed by atoms with Crippen molar-refractivity contribution in [2.75, 3.05) is 5.73 Å². The van der Waals surface area contributed by atoms with E-state index >= 15 is 0 Å². The highest BCUT2D eigenvalue weighted by atomic mass is 16.2. The highest BCUT2D eigenvalue weighted by Gasteiger charge is 2.38. The summed E-state index contributed by atoms with van der Waals surface area (Å²) in [5.74, 6) is 0.158. The van der Waals surface area contributed by atoms with Crippen molar-refractivity contribution in [3.8, 4) is 0 Å². The molecule has 1 heterocycles. The number of carbonyl (C=O) groups excluding carboxylic acids is 1. The molecule has 1 aromatic heterocycles. The molecule has 20 heavy (non-hydrogen) atoms. The van der Waals surface area contributed by atoms with Crippen LogP contribution in [0.2, 0.25) is 0 Å². The molecule has 1 aromatic rings. The third-order valence-corrected chi connectivity index (χ3v) is 3.78. The van der Waals surface area contributed by atoms with Gasteiger partial charge in [-0.25, -0.2) is 9.67 Å². The molecular weight excluding hydrogens is 254 g/mol. The SMILES string of the molecule is CC1(C)CC(NC(=O)Cn2cnc(N)n2)CC(C)(C)C1. The van der Waals surface area contributed by atoms with Crippen LogP contribution in [0.5, 0.6) is 0 Å². The summed E-state index contributed by atoms with van der Waals surface area (Å²) in [6.45, 7) is 9.24. The second kappa shape index (κ2) is 5.07. The van der Waals surface area contributed by atoms with Crippen molar-refractivity contribution in [2.24, 2.45) is 10.8 Å². The Kier molecular flexibility index (Phi) is 3.75. The monoisotopic (exact) mass is 279 g/mol. The van der Waals surface area contributed by atoms with Crippen LogP contribution in [0.25, 0.3) is 0 Å². The molecule has 1 fully saturated rings. The summed E-state index contributed by atoms with van der Waals surface area (Å²) in [5.41, 5.74) is 5.96. The van der Waals surface area contributed by atoms with E-state index in [9.17, 15) is 4.79 Å². The summed E-state index contributed by atoms with van der Waals surface area (Å²) in [5, 5.41) is 7.04. The normalized spacial score (nSPS) is 21.6. The number of rotatable bonds is 3. The van der Waals surface area contributed by atoms with Gasteiger partial charge in [0, 0.05) is 6.04 Å². The zero-order chi connectivity index (χ0) is 15.0. The van der Waals surface area contributed by atoms with Gasteiger partial charge >= 0.3 is 0 Å². The van der Waals surface area contributed by atoms with Gasteiger partial charge in [0.25, 0.3) is 0 Å². The number of amides is 1. The topological polar surface area (TPSA) is 85.8 Å². The summed E-state index contributed by atoms with van der Waals surface area (Å²) >= 11 is 0. The number of nitrogens with zero attached hydrogens (tertiary/aromatic N) is 3. The molecular formula is C14H25N5O. The van der Waals surface area contributed by atoms with Gasteiger partial charge in [-0.15, -0.1) is 5.10 Å². The molecule has 2 rings (SSSR count). The van der Waals surface area contributed by atoms with Gasteiger partial charge < -0.3 is 11.1 Å². The van der Waals surface area contributed by atoms with Crippen LogP contribution in [0.15, 0.2) is 6.33 Å². The summed E-state index contributed by atoms with van der Waals surface area (Å²) < 4.78 is 1.46. The number of anilines is 1. The molecule has 0 atom stereocenters. The summed E-state index contributed by atoms with van der Waals surface area (Å²) in [7, 11) is 0. The molecule has 1 aliphatic rings. The predicted octanol–water partition coefficient (Wildman–Crippen LogP) is 1.58. The van der Waals surface area contributed by atoms with Crippen molar-refractivity contribution >= 4 is 11.9 Å². The number of aromatic nitrogens is 3. The van der Waals surface area contributed by atoms with Crippen LogP contribution < -0.4 is 11.1 Å². The lowest BCUT2D eigenvalue weighted by Crippen LogP contribution is -2.46. The van der Waals surface area contributed by atoms with Crippen molar-refractivity contribution in [2.45, 2.75) is 59.5 Å². The van der Waals surface area contributed by atoms with Crippen molar-refractivity contribution in [1.29, 1.82) is 0 Å². The summed E-state index contributed by atoms with van der Waals surface area (Å²) in [6, 6.07) is 0.224. The molecule has 0 radical (unpaired) electrons. The van der Waals surface area contributed by atoms with E-state index in [1.54, 1.807) is 0 Å². The van der Waals surface area contributed by atoms with E-state index in [-0.39, 0.29) is 35.3 Å². The van der Waals surface area contributed by atoms with Crippen LogP contribution in [0.1, 0.15) is 47.0 Å². The fraction of sp³-hybridized carbons (Fsp3) is 0.786. The third kappa shape index (κ3) is 3.95. The lowest BCUT2D eigenvalue weighted by atomic mass is 9.63. The highest BCUT2D eigenvalue weighted by Crippen LogP contribution is 2.45. The molecule has 1 saturated carbocycles. The Balaban J connectivity index is 1.93.